The van der Waals surface area contributed by atoms with Crippen LogP contribution in [-0.2, 0) is 9.53 Å². The van der Waals surface area contributed by atoms with Crippen molar-refractivity contribution in [1.82, 2.24) is 4.90 Å². The number of urea groups is 1. The molecule has 6 nitrogen and oxygen atoms in total. The molecule has 23 heavy (non-hydrogen) atoms. The summed E-state index contributed by atoms with van der Waals surface area (Å²) < 4.78 is 18.9. The van der Waals surface area contributed by atoms with Gasteiger partial charge < -0.3 is 15.0 Å². The summed E-state index contributed by atoms with van der Waals surface area (Å²) in [4.78, 5) is 36.0. The van der Waals surface area contributed by atoms with Gasteiger partial charge in [-0.3, -0.25) is 9.59 Å². The number of Topliss-reactive ketones (excluding diaryl/α,β-unsaturated/α-hetero) is 1. The smallest absolute Gasteiger partial charge is 0.321 e. The van der Waals surface area contributed by atoms with Gasteiger partial charge in [0.2, 0.25) is 0 Å². The van der Waals surface area contributed by atoms with Crippen molar-refractivity contribution in [2.24, 2.45) is 0 Å². The Hall–Kier alpha value is -1.96. The van der Waals surface area contributed by atoms with Gasteiger partial charge in [-0.15, -0.1) is 0 Å². The first-order chi connectivity index (χ1) is 10.9. The number of anilines is 1. The van der Waals surface area contributed by atoms with Crippen LogP contribution in [0.4, 0.5) is 14.9 Å². The van der Waals surface area contributed by atoms with Crippen LogP contribution in [0.3, 0.4) is 0 Å². The molecule has 1 saturated heterocycles. The number of halogens is 2. The van der Waals surface area contributed by atoms with Crippen LogP contribution in [0.5, 0.6) is 0 Å². The molecule has 0 spiro atoms. The fourth-order valence-corrected chi connectivity index (χ4v) is 2.64. The molecule has 1 unspecified atom stereocenters. The zero-order valence-corrected chi connectivity index (χ0v) is 14.1. The summed E-state index contributed by atoms with van der Waals surface area (Å²) in [5.74, 6) is -1.44. The maximum Gasteiger partial charge on any atom is 0.321 e. The number of carbonyl (C=O) groups excluding carboxylic acids is 3. The van der Waals surface area contributed by atoms with Crippen LogP contribution in [0.25, 0.3) is 0 Å². The molecule has 1 fully saturated rings. The molecule has 1 aliphatic rings. The SMILES string of the molecule is CC(=O)OC1CCN(C(=O)Nc2ccc(C(=O)CBr)c(F)c2)C1. The highest BCUT2D eigenvalue weighted by Crippen LogP contribution is 2.18. The van der Waals surface area contributed by atoms with Crippen molar-refractivity contribution in [3.05, 3.63) is 29.6 Å². The molecule has 1 N–H and O–H groups in total. The summed E-state index contributed by atoms with van der Waals surface area (Å²) in [5.41, 5.74) is 0.227. The molecule has 0 saturated carbocycles. The van der Waals surface area contributed by atoms with Crippen molar-refractivity contribution in [3.8, 4) is 0 Å². The largest absolute Gasteiger partial charge is 0.461 e. The second-order valence-corrected chi connectivity index (χ2v) is 5.71. The minimum absolute atomic E-state index is 0.0287. The Balaban J connectivity index is 1.97. The Morgan fingerprint density at radius 3 is 2.78 bits per heavy atom. The highest BCUT2D eigenvalue weighted by Gasteiger charge is 2.28. The van der Waals surface area contributed by atoms with Crippen LogP contribution in [0, 0.1) is 5.82 Å². The molecule has 2 amide bonds. The average Bonchev–Trinajstić information content (AvgIpc) is 2.94. The number of carbonyl (C=O) groups is 3. The van der Waals surface area contributed by atoms with E-state index in [0.717, 1.165) is 6.07 Å². The van der Waals surface area contributed by atoms with Crippen molar-refractivity contribution in [1.29, 1.82) is 0 Å². The quantitative estimate of drug-likeness (QED) is 0.490. The molecule has 0 bridgehead atoms. The number of esters is 1. The fraction of sp³-hybridized carbons (Fsp3) is 0.400. The average molecular weight is 387 g/mol. The van der Waals surface area contributed by atoms with Crippen LogP contribution in [0.1, 0.15) is 23.7 Å². The van der Waals surface area contributed by atoms with Gasteiger partial charge >= 0.3 is 12.0 Å². The lowest BCUT2D eigenvalue weighted by atomic mass is 10.1. The van der Waals surface area contributed by atoms with Crippen molar-refractivity contribution in [3.63, 3.8) is 0 Å². The zero-order valence-electron chi connectivity index (χ0n) is 12.5. The van der Waals surface area contributed by atoms with Crippen molar-refractivity contribution in [2.45, 2.75) is 19.4 Å². The predicted molar refractivity (Wildman–Crippen MR) is 85.3 cm³/mol. The minimum atomic E-state index is -0.688. The van der Waals surface area contributed by atoms with E-state index < -0.39 is 11.8 Å². The first kappa shape index (κ1) is 17.4. The van der Waals surface area contributed by atoms with E-state index in [1.54, 1.807) is 0 Å². The fourth-order valence-electron chi connectivity index (χ4n) is 2.34. The van der Waals surface area contributed by atoms with E-state index >= 15 is 0 Å². The molecule has 2 rings (SSSR count). The van der Waals surface area contributed by atoms with Gasteiger partial charge in [-0.25, -0.2) is 9.18 Å². The number of hydrogen-bond donors (Lipinski definition) is 1. The van der Waals surface area contributed by atoms with Crippen molar-refractivity contribution in [2.75, 3.05) is 23.7 Å². The third-order valence-corrected chi connectivity index (χ3v) is 3.92. The Morgan fingerprint density at radius 1 is 1.43 bits per heavy atom. The Morgan fingerprint density at radius 2 is 2.17 bits per heavy atom. The van der Waals surface area contributed by atoms with E-state index in [-0.39, 0.29) is 34.4 Å². The van der Waals surface area contributed by atoms with Gasteiger partial charge in [0.25, 0.3) is 0 Å². The summed E-state index contributed by atoms with van der Waals surface area (Å²) >= 11 is 2.98. The number of rotatable bonds is 4. The zero-order chi connectivity index (χ0) is 17.0. The molecule has 1 aromatic rings. The van der Waals surface area contributed by atoms with E-state index in [4.69, 9.17) is 4.74 Å². The van der Waals surface area contributed by atoms with Gasteiger partial charge in [0.15, 0.2) is 5.78 Å². The van der Waals surface area contributed by atoms with Gasteiger partial charge in [-0.1, -0.05) is 15.9 Å². The molecule has 1 aliphatic heterocycles. The Labute approximate surface area is 141 Å². The number of hydrogen-bond acceptors (Lipinski definition) is 4. The Bertz CT molecular complexity index is 638. The third-order valence-electron chi connectivity index (χ3n) is 3.41. The lowest BCUT2D eigenvalue weighted by molar-refractivity contribution is -0.145. The first-order valence-electron chi connectivity index (χ1n) is 7.02. The lowest BCUT2D eigenvalue weighted by Crippen LogP contribution is -2.34. The highest BCUT2D eigenvalue weighted by atomic mass is 79.9. The number of ketones is 1. The molecule has 8 heteroatoms. The number of likely N-dealkylation sites (tertiary alicyclic amines) is 1. The standard InChI is InChI=1S/C15H16BrFN2O4/c1-9(20)23-11-4-5-19(8-11)15(22)18-10-2-3-12(13(17)6-10)14(21)7-16/h2-3,6,11H,4-5,7-8H2,1H3,(H,18,22). The molecule has 0 aromatic heterocycles. The van der Waals surface area contributed by atoms with E-state index in [0.29, 0.717) is 19.5 Å². The van der Waals surface area contributed by atoms with E-state index in [1.165, 1.54) is 24.0 Å². The van der Waals surface area contributed by atoms with Crippen LogP contribution in [0.15, 0.2) is 18.2 Å². The minimum Gasteiger partial charge on any atom is -0.461 e. The van der Waals surface area contributed by atoms with Crippen LogP contribution in [0.2, 0.25) is 0 Å². The summed E-state index contributed by atoms with van der Waals surface area (Å²) in [6, 6.07) is 3.50. The number of ether oxygens (including phenoxy) is 1. The lowest BCUT2D eigenvalue weighted by Gasteiger charge is -2.17. The summed E-state index contributed by atoms with van der Waals surface area (Å²) in [7, 11) is 0. The molecule has 1 aromatic carbocycles. The summed E-state index contributed by atoms with van der Waals surface area (Å²) in [6.07, 6.45) is 0.258. The van der Waals surface area contributed by atoms with Crippen LogP contribution in [-0.4, -0.2) is 47.2 Å². The first-order valence-corrected chi connectivity index (χ1v) is 8.14. The maximum atomic E-state index is 13.9. The van der Waals surface area contributed by atoms with E-state index in [1.807, 2.05) is 0 Å². The normalized spacial score (nSPS) is 17.0. The topological polar surface area (TPSA) is 75.7 Å². The summed E-state index contributed by atoms with van der Waals surface area (Å²) in [6.45, 7) is 2.07. The second kappa shape index (κ2) is 7.54. The molecule has 0 radical (unpaired) electrons. The van der Waals surface area contributed by atoms with Crippen molar-refractivity contribution < 1.29 is 23.5 Å². The second-order valence-electron chi connectivity index (χ2n) is 5.15. The number of alkyl halides is 1. The van der Waals surface area contributed by atoms with Gasteiger partial charge in [-0.05, 0) is 18.2 Å². The van der Waals surface area contributed by atoms with Crippen LogP contribution < -0.4 is 5.32 Å². The monoisotopic (exact) mass is 386 g/mol. The molecule has 0 aliphatic carbocycles. The number of nitrogens with one attached hydrogen (secondary N) is 1. The third kappa shape index (κ3) is 4.51. The Kier molecular flexibility index (Phi) is 5.70. The van der Waals surface area contributed by atoms with Crippen molar-refractivity contribution >= 4 is 39.4 Å². The summed E-state index contributed by atoms with van der Waals surface area (Å²) in [5, 5.41) is 2.59. The van der Waals surface area contributed by atoms with Crippen LogP contribution >= 0.6 is 15.9 Å². The molecule has 1 heterocycles. The molecule has 1 atom stereocenters. The molecular weight excluding hydrogens is 371 g/mol. The number of amides is 2. The van der Waals surface area contributed by atoms with E-state index in [9.17, 15) is 18.8 Å². The predicted octanol–water partition coefficient (Wildman–Crippen LogP) is 2.57. The van der Waals surface area contributed by atoms with Gasteiger partial charge in [0, 0.05) is 25.6 Å². The van der Waals surface area contributed by atoms with E-state index in [2.05, 4.69) is 21.2 Å². The molecular formula is C15H16BrFN2O4. The number of benzene rings is 1. The van der Waals surface area contributed by atoms with Gasteiger partial charge in [0.05, 0.1) is 17.4 Å². The van der Waals surface area contributed by atoms with Gasteiger partial charge in [-0.2, -0.15) is 0 Å². The highest BCUT2D eigenvalue weighted by molar-refractivity contribution is 9.09. The maximum absolute atomic E-state index is 13.9. The number of nitrogens with zero attached hydrogens (tertiary/aromatic N) is 1. The molecule has 124 valence electrons. The van der Waals surface area contributed by atoms with Gasteiger partial charge in [0.1, 0.15) is 11.9 Å².